The Labute approximate surface area is 38.5 Å². The summed E-state index contributed by atoms with van der Waals surface area (Å²) >= 11 is 0. The maximum Gasteiger partial charge on any atom is 0.158 e. The molecule has 0 fully saturated rings. The summed E-state index contributed by atoms with van der Waals surface area (Å²) in [7, 11) is 3.45. The highest BCUT2D eigenvalue weighted by Gasteiger charge is 1.88. The third-order valence-electron chi connectivity index (χ3n) is 0.658. The van der Waals surface area contributed by atoms with Gasteiger partial charge >= 0.3 is 0 Å². The zero-order valence-corrected chi connectivity index (χ0v) is 4.41. The molecule has 0 aliphatic heterocycles. The standard InChI is InChI=1S/C4H10NO/c1-4(5-2)6-3/h5H,1-3H3. The molecule has 0 atom stereocenters. The number of hydrogen-bond donors (Lipinski definition) is 1. The maximum atomic E-state index is 4.70. The van der Waals surface area contributed by atoms with Crippen molar-refractivity contribution in [1.82, 2.24) is 5.32 Å². The minimum atomic E-state index is 0.843. The van der Waals surface area contributed by atoms with Crippen LogP contribution in [0.1, 0.15) is 6.92 Å². The average Bonchev–Trinajstić information content (AvgIpc) is 1.65. The lowest BCUT2D eigenvalue weighted by molar-refractivity contribution is 0.193. The Balaban J connectivity index is 2.75. The summed E-state index contributed by atoms with van der Waals surface area (Å²) in [4.78, 5) is 0. The van der Waals surface area contributed by atoms with Crippen molar-refractivity contribution < 1.29 is 4.74 Å². The number of ether oxygens (including phenoxy) is 1. The summed E-state index contributed by atoms with van der Waals surface area (Å²) in [6, 6.07) is 0. The van der Waals surface area contributed by atoms with Crippen molar-refractivity contribution in [2.75, 3.05) is 14.2 Å². The molecule has 0 saturated carbocycles. The summed E-state index contributed by atoms with van der Waals surface area (Å²) < 4.78 is 4.70. The molecule has 1 radical (unpaired) electrons. The first kappa shape index (κ1) is 5.92. The molecule has 0 aliphatic rings. The first-order chi connectivity index (χ1) is 2.81. The van der Waals surface area contributed by atoms with Gasteiger partial charge in [0.05, 0.1) is 0 Å². The van der Waals surface area contributed by atoms with Gasteiger partial charge in [0.2, 0.25) is 0 Å². The second kappa shape index (κ2) is 3.12. The SMILES string of the molecule is CN[C](C)OC. The van der Waals surface area contributed by atoms with Crippen molar-refractivity contribution in [3.05, 3.63) is 6.23 Å². The molecule has 0 saturated heterocycles. The quantitative estimate of drug-likeness (QED) is 0.526. The first-order valence-corrected chi connectivity index (χ1v) is 1.86. The molecule has 0 unspecified atom stereocenters. The van der Waals surface area contributed by atoms with Crippen molar-refractivity contribution in [2.45, 2.75) is 6.92 Å². The molecule has 1 N–H and O–H groups in total. The zero-order chi connectivity index (χ0) is 4.99. The predicted molar refractivity (Wildman–Crippen MR) is 25.0 cm³/mol. The Kier molecular flexibility index (Phi) is 3.08. The van der Waals surface area contributed by atoms with Gasteiger partial charge in [-0.05, 0) is 14.0 Å². The van der Waals surface area contributed by atoms with Gasteiger partial charge in [0.1, 0.15) is 0 Å². The maximum absolute atomic E-state index is 4.70. The first-order valence-electron chi connectivity index (χ1n) is 1.86. The van der Waals surface area contributed by atoms with E-state index < -0.39 is 0 Å². The van der Waals surface area contributed by atoms with Gasteiger partial charge in [-0.25, -0.2) is 0 Å². The van der Waals surface area contributed by atoms with Gasteiger partial charge in [-0.15, -0.1) is 0 Å². The summed E-state index contributed by atoms with van der Waals surface area (Å²) in [6.45, 7) is 1.86. The largest absolute Gasteiger partial charge is 0.360 e. The van der Waals surface area contributed by atoms with E-state index in [4.69, 9.17) is 4.74 Å². The molecule has 0 aromatic rings. The average molecular weight is 88.1 g/mol. The Morgan fingerprint density at radius 2 is 2.17 bits per heavy atom. The Morgan fingerprint density at radius 1 is 1.67 bits per heavy atom. The smallest absolute Gasteiger partial charge is 0.158 e. The van der Waals surface area contributed by atoms with Crippen LogP contribution in [0, 0.1) is 6.23 Å². The molecule has 0 heterocycles. The van der Waals surface area contributed by atoms with Crippen LogP contribution in [-0.4, -0.2) is 14.2 Å². The lowest BCUT2D eigenvalue weighted by atomic mass is 10.7. The van der Waals surface area contributed by atoms with Gasteiger partial charge in [-0.3, -0.25) is 5.32 Å². The Bertz CT molecular complexity index is 26.7. The van der Waals surface area contributed by atoms with Crippen LogP contribution >= 0.6 is 0 Å². The third kappa shape index (κ3) is 2.18. The highest BCUT2D eigenvalue weighted by Crippen LogP contribution is 1.85. The minimum absolute atomic E-state index is 0.843. The molecule has 2 heteroatoms. The molecular weight excluding hydrogens is 78.0 g/mol. The molecule has 0 aromatic carbocycles. The number of nitrogens with one attached hydrogen (secondary N) is 1. The fourth-order valence-electron chi connectivity index (χ4n) is 0.102. The monoisotopic (exact) mass is 88.1 g/mol. The fraction of sp³-hybridized carbons (Fsp3) is 0.750. The molecule has 37 valence electrons. The molecule has 0 rings (SSSR count). The second-order valence-corrected chi connectivity index (χ2v) is 1.01. The van der Waals surface area contributed by atoms with E-state index in [1.807, 2.05) is 14.0 Å². The third-order valence-corrected chi connectivity index (χ3v) is 0.658. The van der Waals surface area contributed by atoms with Crippen molar-refractivity contribution in [2.24, 2.45) is 0 Å². The van der Waals surface area contributed by atoms with Crippen LogP contribution in [0.5, 0.6) is 0 Å². The summed E-state index contributed by atoms with van der Waals surface area (Å²) in [6.07, 6.45) is 0.843. The van der Waals surface area contributed by atoms with Gasteiger partial charge < -0.3 is 4.74 Å². The van der Waals surface area contributed by atoms with E-state index in [0.717, 1.165) is 6.23 Å². The fourth-order valence-corrected chi connectivity index (χ4v) is 0.102. The van der Waals surface area contributed by atoms with E-state index in [1.165, 1.54) is 0 Å². The topological polar surface area (TPSA) is 21.3 Å². The predicted octanol–water partition coefficient (Wildman–Crippen LogP) is 0.362. The van der Waals surface area contributed by atoms with Gasteiger partial charge in [0.25, 0.3) is 0 Å². The molecule has 0 aromatic heterocycles. The molecule has 0 spiro atoms. The highest BCUT2D eigenvalue weighted by atomic mass is 16.5. The summed E-state index contributed by atoms with van der Waals surface area (Å²) in [5, 5.41) is 2.81. The van der Waals surface area contributed by atoms with E-state index in [1.54, 1.807) is 7.11 Å². The van der Waals surface area contributed by atoms with Gasteiger partial charge in [-0.1, -0.05) is 0 Å². The van der Waals surface area contributed by atoms with E-state index in [2.05, 4.69) is 5.32 Å². The molecule has 0 bridgehead atoms. The molecule has 6 heavy (non-hydrogen) atoms. The lowest BCUT2D eigenvalue weighted by Gasteiger charge is -2.01. The van der Waals surface area contributed by atoms with Gasteiger partial charge in [0, 0.05) is 7.11 Å². The van der Waals surface area contributed by atoms with Crippen LogP contribution in [-0.2, 0) is 4.74 Å². The minimum Gasteiger partial charge on any atom is -0.360 e. The van der Waals surface area contributed by atoms with Crippen molar-refractivity contribution in [1.29, 1.82) is 0 Å². The van der Waals surface area contributed by atoms with Crippen LogP contribution in [0.3, 0.4) is 0 Å². The zero-order valence-electron chi connectivity index (χ0n) is 4.41. The van der Waals surface area contributed by atoms with Gasteiger partial charge in [-0.2, -0.15) is 0 Å². The Hall–Kier alpha value is -0.0800. The lowest BCUT2D eigenvalue weighted by Crippen LogP contribution is -2.12. The van der Waals surface area contributed by atoms with Crippen LogP contribution in [0.25, 0.3) is 0 Å². The summed E-state index contributed by atoms with van der Waals surface area (Å²) in [5.74, 6) is 0. The van der Waals surface area contributed by atoms with Crippen molar-refractivity contribution >= 4 is 0 Å². The second-order valence-electron chi connectivity index (χ2n) is 1.01. The normalized spacial score (nSPS) is 10.0. The van der Waals surface area contributed by atoms with Crippen molar-refractivity contribution in [3.8, 4) is 0 Å². The highest BCUT2D eigenvalue weighted by molar-refractivity contribution is 4.59. The van der Waals surface area contributed by atoms with Gasteiger partial charge in [0.15, 0.2) is 6.23 Å². The molecular formula is C4H10NO. The van der Waals surface area contributed by atoms with Crippen LogP contribution in [0.15, 0.2) is 0 Å². The van der Waals surface area contributed by atoms with Crippen molar-refractivity contribution in [3.63, 3.8) is 0 Å². The van der Waals surface area contributed by atoms with Crippen LogP contribution in [0.4, 0.5) is 0 Å². The van der Waals surface area contributed by atoms with E-state index >= 15 is 0 Å². The number of methoxy groups -OCH3 is 1. The number of rotatable bonds is 2. The van der Waals surface area contributed by atoms with E-state index in [0.29, 0.717) is 0 Å². The van der Waals surface area contributed by atoms with Crippen LogP contribution in [0.2, 0.25) is 0 Å². The number of hydrogen-bond acceptors (Lipinski definition) is 2. The summed E-state index contributed by atoms with van der Waals surface area (Å²) in [5.41, 5.74) is 0. The van der Waals surface area contributed by atoms with E-state index in [9.17, 15) is 0 Å². The Morgan fingerprint density at radius 3 is 2.17 bits per heavy atom. The molecule has 2 nitrogen and oxygen atoms in total. The van der Waals surface area contributed by atoms with E-state index in [-0.39, 0.29) is 0 Å². The van der Waals surface area contributed by atoms with Crippen LogP contribution < -0.4 is 5.32 Å². The molecule has 0 aliphatic carbocycles. The molecule has 0 amide bonds.